The van der Waals surface area contributed by atoms with Gasteiger partial charge in [-0.15, -0.1) is 11.6 Å². The van der Waals surface area contributed by atoms with E-state index < -0.39 is 17.0 Å². The highest BCUT2D eigenvalue weighted by Crippen LogP contribution is 2.32. The Balaban J connectivity index is 1.62. The standard InChI is InChI=1S/C25H19ClO6/c1-29-20-11-9-16(13-22(20)30-2)19-12-17-8-10-18(14-21(17)32-24(19)27)31-25(28)23(26)15-6-4-3-5-7-15/h3-14,23H,1-2H3. The van der Waals surface area contributed by atoms with Gasteiger partial charge in [-0.2, -0.15) is 0 Å². The van der Waals surface area contributed by atoms with Crippen molar-refractivity contribution in [2.45, 2.75) is 5.38 Å². The molecule has 7 heteroatoms. The molecule has 1 unspecified atom stereocenters. The molecule has 32 heavy (non-hydrogen) atoms. The minimum atomic E-state index is -0.952. The molecule has 0 bridgehead atoms. The summed E-state index contributed by atoms with van der Waals surface area (Å²) >= 11 is 6.22. The van der Waals surface area contributed by atoms with Gasteiger partial charge in [0.05, 0.1) is 19.8 Å². The monoisotopic (exact) mass is 450 g/mol. The van der Waals surface area contributed by atoms with E-state index in [-0.39, 0.29) is 11.3 Å². The maximum atomic E-state index is 12.6. The summed E-state index contributed by atoms with van der Waals surface area (Å²) in [6.45, 7) is 0. The molecule has 1 aromatic heterocycles. The average molecular weight is 451 g/mol. The van der Waals surface area contributed by atoms with Gasteiger partial charge in [-0.1, -0.05) is 36.4 Å². The maximum Gasteiger partial charge on any atom is 0.344 e. The zero-order chi connectivity index (χ0) is 22.7. The zero-order valence-corrected chi connectivity index (χ0v) is 18.1. The summed E-state index contributed by atoms with van der Waals surface area (Å²) in [4.78, 5) is 25.0. The van der Waals surface area contributed by atoms with Crippen molar-refractivity contribution < 1.29 is 23.4 Å². The molecule has 0 amide bonds. The largest absolute Gasteiger partial charge is 0.493 e. The molecule has 0 spiro atoms. The number of halogens is 1. The van der Waals surface area contributed by atoms with Crippen LogP contribution in [0.2, 0.25) is 0 Å². The van der Waals surface area contributed by atoms with Gasteiger partial charge in [0.25, 0.3) is 0 Å². The van der Waals surface area contributed by atoms with Crippen LogP contribution in [0, 0.1) is 0 Å². The van der Waals surface area contributed by atoms with E-state index in [1.165, 1.54) is 13.2 Å². The average Bonchev–Trinajstić information content (AvgIpc) is 2.83. The fourth-order valence-electron chi connectivity index (χ4n) is 3.29. The zero-order valence-electron chi connectivity index (χ0n) is 17.3. The summed E-state index contributed by atoms with van der Waals surface area (Å²) in [7, 11) is 3.06. The maximum absolute atomic E-state index is 12.6. The second-order valence-electron chi connectivity index (χ2n) is 6.91. The van der Waals surface area contributed by atoms with Gasteiger partial charge < -0.3 is 18.6 Å². The molecule has 1 heterocycles. The van der Waals surface area contributed by atoms with E-state index in [2.05, 4.69) is 0 Å². The molecule has 0 radical (unpaired) electrons. The predicted octanol–water partition coefficient (Wildman–Crippen LogP) is 5.36. The predicted molar refractivity (Wildman–Crippen MR) is 122 cm³/mol. The van der Waals surface area contributed by atoms with Crippen LogP contribution in [-0.2, 0) is 4.79 Å². The minimum absolute atomic E-state index is 0.228. The fraction of sp³-hybridized carbons (Fsp3) is 0.120. The number of hydrogen-bond acceptors (Lipinski definition) is 6. The first-order valence-corrected chi connectivity index (χ1v) is 10.1. The number of benzene rings is 3. The number of hydrogen-bond donors (Lipinski definition) is 0. The lowest BCUT2D eigenvalue weighted by atomic mass is 10.1. The topological polar surface area (TPSA) is 75.0 Å². The number of methoxy groups -OCH3 is 2. The van der Waals surface area contributed by atoms with Crippen LogP contribution in [0.25, 0.3) is 22.1 Å². The highest BCUT2D eigenvalue weighted by atomic mass is 35.5. The Morgan fingerprint density at radius 1 is 0.906 bits per heavy atom. The number of ether oxygens (including phenoxy) is 3. The van der Waals surface area contributed by atoms with Crippen LogP contribution in [-0.4, -0.2) is 20.2 Å². The Morgan fingerprint density at radius 3 is 2.38 bits per heavy atom. The summed E-state index contributed by atoms with van der Waals surface area (Å²) in [5.41, 5.74) is 1.38. The quantitative estimate of drug-likeness (QED) is 0.170. The van der Waals surface area contributed by atoms with Gasteiger partial charge in [-0.25, -0.2) is 9.59 Å². The minimum Gasteiger partial charge on any atom is -0.493 e. The van der Waals surface area contributed by atoms with Crippen molar-refractivity contribution in [1.82, 2.24) is 0 Å². The van der Waals surface area contributed by atoms with Crippen molar-refractivity contribution in [1.29, 1.82) is 0 Å². The van der Waals surface area contributed by atoms with E-state index in [9.17, 15) is 9.59 Å². The second kappa shape index (κ2) is 9.16. The molecule has 1 atom stereocenters. The Labute approximate surface area is 188 Å². The van der Waals surface area contributed by atoms with Crippen LogP contribution in [0.5, 0.6) is 17.2 Å². The summed E-state index contributed by atoms with van der Waals surface area (Å²) in [5, 5.41) is -0.286. The number of rotatable bonds is 6. The van der Waals surface area contributed by atoms with Gasteiger partial charge in [0, 0.05) is 11.5 Å². The molecule has 0 aliphatic carbocycles. The van der Waals surface area contributed by atoms with Crippen LogP contribution >= 0.6 is 11.6 Å². The fourth-order valence-corrected chi connectivity index (χ4v) is 3.48. The Hall–Kier alpha value is -3.77. The highest BCUT2D eigenvalue weighted by molar-refractivity contribution is 6.30. The molecule has 0 saturated carbocycles. The molecule has 0 aliphatic heterocycles. The summed E-state index contributed by atoms with van der Waals surface area (Å²) < 4.78 is 21.4. The number of carbonyl (C=O) groups is 1. The first-order chi connectivity index (χ1) is 15.5. The van der Waals surface area contributed by atoms with Crippen LogP contribution in [0.4, 0.5) is 0 Å². The lowest BCUT2D eigenvalue weighted by Gasteiger charge is -2.11. The van der Waals surface area contributed by atoms with Crippen LogP contribution < -0.4 is 19.8 Å². The number of fused-ring (bicyclic) bond motifs is 1. The van der Waals surface area contributed by atoms with Gasteiger partial charge in [-0.05, 0) is 41.5 Å². The molecule has 162 valence electrons. The molecule has 6 nitrogen and oxygen atoms in total. The Morgan fingerprint density at radius 2 is 1.66 bits per heavy atom. The summed E-state index contributed by atoms with van der Waals surface area (Å²) in [5.74, 6) is 0.661. The molecular weight excluding hydrogens is 432 g/mol. The normalized spacial score (nSPS) is 11.7. The Bertz CT molecular complexity index is 1330. The number of alkyl halides is 1. The lowest BCUT2D eigenvalue weighted by molar-refractivity contribution is -0.134. The molecule has 0 aliphatic rings. The number of esters is 1. The first-order valence-electron chi connectivity index (χ1n) is 9.71. The van der Waals surface area contributed by atoms with E-state index >= 15 is 0 Å². The summed E-state index contributed by atoms with van der Waals surface area (Å²) in [6.07, 6.45) is 0. The van der Waals surface area contributed by atoms with Crippen molar-refractivity contribution >= 4 is 28.5 Å². The lowest BCUT2D eigenvalue weighted by Crippen LogP contribution is -2.14. The van der Waals surface area contributed by atoms with Crippen molar-refractivity contribution in [3.8, 4) is 28.4 Å². The summed E-state index contributed by atoms with van der Waals surface area (Å²) in [6, 6.07) is 20.6. The number of carbonyl (C=O) groups excluding carboxylic acids is 1. The smallest absolute Gasteiger partial charge is 0.344 e. The van der Waals surface area contributed by atoms with Crippen molar-refractivity contribution in [2.75, 3.05) is 14.2 Å². The van der Waals surface area contributed by atoms with Crippen molar-refractivity contribution in [2.24, 2.45) is 0 Å². The van der Waals surface area contributed by atoms with Crippen LogP contribution in [0.3, 0.4) is 0 Å². The van der Waals surface area contributed by atoms with Gasteiger partial charge >= 0.3 is 11.6 Å². The molecule has 4 rings (SSSR count). The van der Waals surface area contributed by atoms with Crippen LogP contribution in [0.1, 0.15) is 10.9 Å². The third-order valence-electron chi connectivity index (χ3n) is 4.92. The molecule has 0 saturated heterocycles. The van der Waals surface area contributed by atoms with Crippen molar-refractivity contribution in [3.63, 3.8) is 0 Å². The van der Waals surface area contributed by atoms with E-state index in [0.717, 1.165) is 0 Å². The molecule has 0 N–H and O–H groups in total. The Kier molecular flexibility index (Phi) is 6.14. The third-order valence-corrected chi connectivity index (χ3v) is 5.35. The second-order valence-corrected chi connectivity index (χ2v) is 7.35. The highest BCUT2D eigenvalue weighted by Gasteiger charge is 2.20. The third kappa shape index (κ3) is 4.31. The van der Waals surface area contributed by atoms with Gasteiger partial charge in [-0.3, -0.25) is 0 Å². The van der Waals surface area contributed by atoms with Gasteiger partial charge in [0.2, 0.25) is 0 Å². The van der Waals surface area contributed by atoms with Gasteiger partial charge in [0.1, 0.15) is 11.3 Å². The van der Waals surface area contributed by atoms with Gasteiger partial charge in [0.15, 0.2) is 16.9 Å². The van der Waals surface area contributed by atoms with Crippen molar-refractivity contribution in [3.05, 3.63) is 88.8 Å². The van der Waals surface area contributed by atoms with E-state index in [1.807, 2.05) is 6.07 Å². The molecule has 4 aromatic rings. The molecule has 3 aromatic carbocycles. The molecule has 0 fully saturated rings. The van der Waals surface area contributed by atoms with E-state index in [4.69, 9.17) is 30.2 Å². The molecular formula is C25H19ClO6. The van der Waals surface area contributed by atoms with Crippen LogP contribution in [0.15, 0.2) is 82.0 Å². The van der Waals surface area contributed by atoms with E-state index in [1.54, 1.807) is 67.8 Å². The first kappa shape index (κ1) is 21.5. The SMILES string of the molecule is COc1ccc(-c2cc3ccc(OC(=O)C(Cl)c4ccccc4)cc3oc2=O)cc1OC. The van der Waals surface area contributed by atoms with E-state index in [0.29, 0.717) is 33.6 Å².